The lowest BCUT2D eigenvalue weighted by Crippen LogP contribution is -2.35. The molecule has 0 radical (unpaired) electrons. The molecule has 0 aromatic heterocycles. The zero-order chi connectivity index (χ0) is 17.9. The van der Waals surface area contributed by atoms with Crippen molar-refractivity contribution in [1.29, 1.82) is 0 Å². The number of nitrogens with zero attached hydrogens (tertiary/aromatic N) is 1. The summed E-state index contributed by atoms with van der Waals surface area (Å²) in [7, 11) is -3.66. The van der Waals surface area contributed by atoms with Gasteiger partial charge in [0.2, 0.25) is 5.91 Å². The van der Waals surface area contributed by atoms with Crippen LogP contribution in [0.2, 0.25) is 5.02 Å². The van der Waals surface area contributed by atoms with Crippen LogP contribution in [0.5, 0.6) is 0 Å². The van der Waals surface area contributed by atoms with Gasteiger partial charge in [-0.05, 0) is 42.8 Å². The van der Waals surface area contributed by atoms with Crippen molar-refractivity contribution in [2.75, 3.05) is 24.2 Å². The summed E-state index contributed by atoms with van der Waals surface area (Å²) < 4.78 is 24.8. The molecule has 132 valence electrons. The highest BCUT2D eigenvalue weighted by atomic mass is 35.5. The minimum atomic E-state index is -3.66. The molecule has 1 fully saturated rings. The van der Waals surface area contributed by atoms with Gasteiger partial charge in [0.1, 0.15) is 5.75 Å². The minimum Gasteiger partial charge on any atom is -0.380 e. The Bertz CT molecular complexity index is 838. The third-order valence-electron chi connectivity index (χ3n) is 4.17. The molecule has 0 spiro atoms. The highest BCUT2D eigenvalue weighted by molar-refractivity contribution is 7.92. The monoisotopic (exact) mass is 378 g/mol. The van der Waals surface area contributed by atoms with E-state index >= 15 is 0 Å². The molecule has 0 bridgehead atoms. The number of para-hydroxylation sites is 1. The molecule has 0 saturated carbocycles. The average Bonchev–Trinajstić information content (AvgIpc) is 3.04. The van der Waals surface area contributed by atoms with Crippen molar-refractivity contribution in [1.82, 2.24) is 4.90 Å². The summed E-state index contributed by atoms with van der Waals surface area (Å²) in [5, 5.41) is 3.83. The lowest BCUT2D eigenvalue weighted by Gasteiger charge is -2.18. The normalized spacial score (nSPS) is 17.5. The number of amides is 1. The van der Waals surface area contributed by atoms with Crippen LogP contribution < -0.4 is 5.32 Å². The van der Waals surface area contributed by atoms with Gasteiger partial charge in [-0.1, -0.05) is 29.8 Å². The summed E-state index contributed by atoms with van der Waals surface area (Å²) in [5.41, 5.74) is 0.996. The molecule has 1 N–H and O–H groups in total. The molecule has 2 aromatic carbocycles. The molecule has 1 aliphatic rings. The van der Waals surface area contributed by atoms with Crippen LogP contribution in [0.25, 0.3) is 0 Å². The fourth-order valence-corrected chi connectivity index (χ4v) is 4.20. The van der Waals surface area contributed by atoms with Gasteiger partial charge in [-0.3, -0.25) is 4.79 Å². The van der Waals surface area contributed by atoms with E-state index in [1.807, 2.05) is 30.3 Å². The van der Waals surface area contributed by atoms with E-state index < -0.39 is 15.6 Å². The first-order chi connectivity index (χ1) is 11.9. The van der Waals surface area contributed by atoms with E-state index in [-0.39, 0.29) is 16.8 Å². The Balaban J connectivity index is 1.59. The fourth-order valence-electron chi connectivity index (χ4n) is 2.85. The molecule has 1 aliphatic heterocycles. The van der Waals surface area contributed by atoms with Gasteiger partial charge in [-0.25, -0.2) is 8.42 Å². The number of hydrogen-bond acceptors (Lipinski definition) is 4. The summed E-state index contributed by atoms with van der Waals surface area (Å²) in [4.78, 5) is 14.1. The van der Waals surface area contributed by atoms with Crippen molar-refractivity contribution in [3.05, 3.63) is 59.6 Å². The molecule has 0 aliphatic carbocycles. The van der Waals surface area contributed by atoms with Gasteiger partial charge in [-0.2, -0.15) is 0 Å². The van der Waals surface area contributed by atoms with E-state index in [4.69, 9.17) is 11.6 Å². The molecule has 7 heteroatoms. The molecule has 1 atom stereocenters. The molecule has 1 unspecified atom stereocenters. The highest BCUT2D eigenvalue weighted by Crippen LogP contribution is 2.19. The largest absolute Gasteiger partial charge is 0.380 e. The number of rotatable bonds is 5. The SMILES string of the molecule is O=C(CS(=O)(=O)c1ccc(Cl)cc1)N1CCC(Nc2ccccc2)C1. The topological polar surface area (TPSA) is 66.5 Å². The van der Waals surface area contributed by atoms with E-state index in [0.717, 1.165) is 12.1 Å². The second-order valence-corrected chi connectivity index (χ2v) is 8.47. The van der Waals surface area contributed by atoms with E-state index in [9.17, 15) is 13.2 Å². The number of nitrogens with one attached hydrogen (secondary N) is 1. The number of carbonyl (C=O) groups excluding carboxylic acids is 1. The predicted molar refractivity (Wildman–Crippen MR) is 98.6 cm³/mol. The van der Waals surface area contributed by atoms with Crippen molar-refractivity contribution in [2.24, 2.45) is 0 Å². The molecule has 3 rings (SSSR count). The Morgan fingerprint density at radius 2 is 1.80 bits per heavy atom. The Morgan fingerprint density at radius 1 is 1.12 bits per heavy atom. The van der Waals surface area contributed by atoms with Gasteiger partial charge in [-0.15, -0.1) is 0 Å². The standard InChI is InChI=1S/C18H19ClN2O3S/c19-14-6-8-17(9-7-14)25(23,24)13-18(22)21-11-10-16(12-21)20-15-4-2-1-3-5-15/h1-9,16,20H,10-13H2. The van der Waals surface area contributed by atoms with E-state index in [1.54, 1.807) is 4.90 Å². The van der Waals surface area contributed by atoms with Crippen LogP contribution in [0.4, 0.5) is 5.69 Å². The van der Waals surface area contributed by atoms with Crippen LogP contribution in [-0.2, 0) is 14.6 Å². The predicted octanol–water partition coefficient (Wildman–Crippen LogP) is 2.83. The summed E-state index contributed by atoms with van der Waals surface area (Å²) in [6.45, 7) is 1.06. The molecule has 1 saturated heterocycles. The molecular weight excluding hydrogens is 360 g/mol. The quantitative estimate of drug-likeness (QED) is 0.868. The Labute approximate surface area is 152 Å². The number of halogens is 1. The summed E-state index contributed by atoms with van der Waals surface area (Å²) in [6, 6.07) is 15.8. The molecule has 1 amide bonds. The number of hydrogen-bond donors (Lipinski definition) is 1. The summed E-state index contributed by atoms with van der Waals surface area (Å²) in [6.07, 6.45) is 0.793. The highest BCUT2D eigenvalue weighted by Gasteiger charge is 2.29. The molecule has 2 aromatic rings. The summed E-state index contributed by atoms with van der Waals surface area (Å²) in [5.74, 6) is -0.889. The van der Waals surface area contributed by atoms with E-state index in [2.05, 4.69) is 5.32 Å². The molecule has 1 heterocycles. The van der Waals surface area contributed by atoms with Crippen LogP contribution in [0.15, 0.2) is 59.5 Å². The van der Waals surface area contributed by atoms with Crippen molar-refractivity contribution in [3.63, 3.8) is 0 Å². The Hall–Kier alpha value is -2.05. The van der Waals surface area contributed by atoms with Gasteiger partial charge < -0.3 is 10.2 Å². The zero-order valence-electron chi connectivity index (χ0n) is 13.6. The number of sulfone groups is 1. The van der Waals surface area contributed by atoms with Crippen LogP contribution >= 0.6 is 11.6 Å². The Morgan fingerprint density at radius 3 is 2.48 bits per heavy atom. The Kier molecular flexibility index (Phi) is 5.30. The van der Waals surface area contributed by atoms with Gasteiger partial charge >= 0.3 is 0 Å². The minimum absolute atomic E-state index is 0.114. The second kappa shape index (κ2) is 7.45. The van der Waals surface area contributed by atoms with Crippen molar-refractivity contribution in [3.8, 4) is 0 Å². The van der Waals surface area contributed by atoms with Crippen LogP contribution in [-0.4, -0.2) is 44.1 Å². The van der Waals surface area contributed by atoms with Crippen LogP contribution in [0.1, 0.15) is 6.42 Å². The van der Waals surface area contributed by atoms with Crippen molar-refractivity contribution < 1.29 is 13.2 Å². The van der Waals surface area contributed by atoms with Crippen LogP contribution in [0.3, 0.4) is 0 Å². The van der Waals surface area contributed by atoms with Crippen molar-refractivity contribution >= 4 is 33.0 Å². The van der Waals surface area contributed by atoms with Gasteiger partial charge in [0.25, 0.3) is 0 Å². The third-order valence-corrected chi connectivity index (χ3v) is 6.04. The number of likely N-dealkylation sites (tertiary alicyclic amines) is 1. The first kappa shape index (κ1) is 17.8. The fraction of sp³-hybridized carbons (Fsp3) is 0.278. The average molecular weight is 379 g/mol. The third kappa shape index (κ3) is 4.52. The van der Waals surface area contributed by atoms with E-state index in [1.165, 1.54) is 24.3 Å². The number of carbonyl (C=O) groups is 1. The summed E-state index contributed by atoms with van der Waals surface area (Å²) >= 11 is 5.78. The molecule has 5 nitrogen and oxygen atoms in total. The number of anilines is 1. The first-order valence-electron chi connectivity index (χ1n) is 8.02. The zero-order valence-corrected chi connectivity index (χ0v) is 15.1. The van der Waals surface area contributed by atoms with Crippen molar-refractivity contribution in [2.45, 2.75) is 17.4 Å². The lowest BCUT2D eigenvalue weighted by atomic mass is 10.2. The smallest absolute Gasteiger partial charge is 0.238 e. The lowest BCUT2D eigenvalue weighted by molar-refractivity contribution is -0.127. The maximum Gasteiger partial charge on any atom is 0.238 e. The number of benzene rings is 2. The van der Waals surface area contributed by atoms with Gasteiger partial charge in [0.05, 0.1) is 4.90 Å². The maximum absolute atomic E-state index is 12.4. The molecule has 25 heavy (non-hydrogen) atoms. The van der Waals surface area contributed by atoms with E-state index in [0.29, 0.717) is 18.1 Å². The first-order valence-corrected chi connectivity index (χ1v) is 10.0. The van der Waals surface area contributed by atoms with Gasteiger partial charge in [0, 0.05) is 29.8 Å². The van der Waals surface area contributed by atoms with Crippen LogP contribution in [0, 0.1) is 0 Å². The maximum atomic E-state index is 12.4. The molecular formula is C18H19ClN2O3S. The second-order valence-electron chi connectivity index (χ2n) is 6.05. The van der Waals surface area contributed by atoms with Gasteiger partial charge in [0.15, 0.2) is 9.84 Å².